The molecule has 0 aliphatic rings. The van der Waals surface area contributed by atoms with Gasteiger partial charge in [0, 0.05) is 5.56 Å². The Bertz CT molecular complexity index is 497. The molecule has 0 radical (unpaired) electrons. The largest absolute Gasteiger partial charge is 0.419 e. The molecule has 0 spiro atoms. The van der Waals surface area contributed by atoms with Crippen molar-refractivity contribution < 1.29 is 17.6 Å². The van der Waals surface area contributed by atoms with Crippen LogP contribution in [-0.2, 0) is 6.18 Å². The van der Waals surface area contributed by atoms with Gasteiger partial charge in [0.25, 0.3) is 0 Å². The third kappa shape index (κ3) is 3.39. The molecule has 0 atom stereocenters. The van der Waals surface area contributed by atoms with Crippen LogP contribution in [0.3, 0.4) is 0 Å². The molecule has 0 aliphatic heterocycles. The summed E-state index contributed by atoms with van der Waals surface area (Å²) in [6.07, 6.45) is -3.88. The first-order valence-electron chi connectivity index (χ1n) is 4.68. The number of halogens is 4. The number of nitrogens with one attached hydrogen (secondary N) is 1. The van der Waals surface area contributed by atoms with Gasteiger partial charge in [0.15, 0.2) is 5.11 Å². The van der Waals surface area contributed by atoms with Crippen LogP contribution in [-0.4, -0.2) is 11.3 Å². The lowest BCUT2D eigenvalue weighted by Crippen LogP contribution is -2.24. The van der Waals surface area contributed by atoms with Gasteiger partial charge in [-0.15, -0.1) is 0 Å². The average Bonchev–Trinajstić information content (AvgIpc) is 2.19. The number of hydrogen-bond donors (Lipinski definition) is 2. The lowest BCUT2D eigenvalue weighted by atomic mass is 10.0. The number of aryl methyl sites for hydroxylation is 1. The van der Waals surface area contributed by atoms with Gasteiger partial charge in [0.05, 0.1) is 11.8 Å². The molecule has 98 valence electrons. The van der Waals surface area contributed by atoms with Crippen LogP contribution in [0.25, 0.3) is 0 Å². The second kappa shape index (κ2) is 5.30. The predicted molar refractivity (Wildman–Crippen MR) is 63.7 cm³/mol. The third-order valence-electron chi connectivity index (χ3n) is 2.04. The average molecular weight is 279 g/mol. The Morgan fingerprint density at radius 3 is 2.56 bits per heavy atom. The van der Waals surface area contributed by atoms with Crippen molar-refractivity contribution in [3.63, 3.8) is 0 Å². The van der Waals surface area contributed by atoms with Crippen molar-refractivity contribution >= 4 is 23.5 Å². The molecule has 1 aromatic rings. The van der Waals surface area contributed by atoms with Crippen LogP contribution < -0.4 is 11.2 Å². The van der Waals surface area contributed by atoms with E-state index in [0.717, 1.165) is 12.3 Å². The molecule has 0 aromatic heterocycles. The molecule has 1 aromatic carbocycles. The number of benzene rings is 1. The number of hydrogen-bond acceptors (Lipinski definition) is 2. The van der Waals surface area contributed by atoms with E-state index in [4.69, 9.17) is 5.73 Å². The minimum atomic E-state index is -4.76. The normalized spacial score (nSPS) is 11.8. The highest BCUT2D eigenvalue weighted by Crippen LogP contribution is 2.34. The summed E-state index contributed by atoms with van der Waals surface area (Å²) in [6.45, 7) is 1.18. The minimum absolute atomic E-state index is 0.171. The molecular formula is C10H9F4N3S. The fraction of sp³-hybridized carbons (Fsp3) is 0.200. The van der Waals surface area contributed by atoms with Gasteiger partial charge in [-0.25, -0.2) is 4.39 Å². The van der Waals surface area contributed by atoms with Crippen molar-refractivity contribution in [2.45, 2.75) is 13.1 Å². The number of nitrogens with two attached hydrogens (primary N) is 1. The second-order valence-electron chi connectivity index (χ2n) is 3.39. The zero-order valence-electron chi connectivity index (χ0n) is 9.18. The molecule has 0 unspecified atom stereocenters. The molecule has 18 heavy (non-hydrogen) atoms. The minimum Gasteiger partial charge on any atom is -0.375 e. The maximum Gasteiger partial charge on any atom is 0.419 e. The molecule has 3 nitrogen and oxygen atoms in total. The maximum atomic E-state index is 13.7. The molecule has 0 fully saturated rings. The SMILES string of the molecule is Cc1ccc(C=NNC(N)=S)c(F)c1C(F)(F)F. The van der Waals surface area contributed by atoms with Gasteiger partial charge in [-0.05, 0) is 24.7 Å². The molecule has 1 rings (SSSR count). The van der Waals surface area contributed by atoms with E-state index in [9.17, 15) is 17.6 Å². The molecule has 0 amide bonds. The van der Waals surface area contributed by atoms with E-state index in [1.165, 1.54) is 13.0 Å². The monoisotopic (exact) mass is 279 g/mol. The zero-order chi connectivity index (χ0) is 13.9. The maximum absolute atomic E-state index is 13.7. The van der Waals surface area contributed by atoms with Crippen LogP contribution in [0.5, 0.6) is 0 Å². The van der Waals surface area contributed by atoms with Gasteiger partial charge in [-0.1, -0.05) is 12.1 Å². The van der Waals surface area contributed by atoms with E-state index < -0.39 is 17.6 Å². The summed E-state index contributed by atoms with van der Waals surface area (Å²) in [4.78, 5) is 0. The Morgan fingerprint density at radius 1 is 1.44 bits per heavy atom. The molecule has 0 saturated heterocycles. The third-order valence-corrected chi connectivity index (χ3v) is 2.13. The van der Waals surface area contributed by atoms with E-state index in [1.807, 2.05) is 0 Å². The molecule has 0 saturated carbocycles. The Kier molecular flexibility index (Phi) is 4.23. The van der Waals surface area contributed by atoms with Crippen LogP contribution >= 0.6 is 12.2 Å². The zero-order valence-corrected chi connectivity index (χ0v) is 9.99. The van der Waals surface area contributed by atoms with Crippen molar-refractivity contribution in [1.29, 1.82) is 0 Å². The van der Waals surface area contributed by atoms with Crippen molar-refractivity contribution in [2.75, 3.05) is 0 Å². The first kappa shape index (κ1) is 14.4. The molecule has 0 aliphatic carbocycles. The quantitative estimate of drug-likeness (QED) is 0.378. The number of nitrogens with zero attached hydrogens (tertiary/aromatic N) is 1. The highest BCUT2D eigenvalue weighted by molar-refractivity contribution is 7.80. The van der Waals surface area contributed by atoms with Crippen molar-refractivity contribution in [3.8, 4) is 0 Å². The molecule has 0 heterocycles. The van der Waals surface area contributed by atoms with Crippen LogP contribution in [0, 0.1) is 12.7 Å². The van der Waals surface area contributed by atoms with E-state index in [1.54, 1.807) is 0 Å². The lowest BCUT2D eigenvalue weighted by Gasteiger charge is -2.12. The van der Waals surface area contributed by atoms with E-state index in [0.29, 0.717) is 0 Å². The first-order valence-corrected chi connectivity index (χ1v) is 5.09. The fourth-order valence-corrected chi connectivity index (χ4v) is 1.35. The van der Waals surface area contributed by atoms with Gasteiger partial charge >= 0.3 is 6.18 Å². The molecule has 8 heteroatoms. The summed E-state index contributed by atoms with van der Waals surface area (Å²) in [5, 5.41) is 3.23. The Labute approximate surface area is 106 Å². The van der Waals surface area contributed by atoms with Crippen LogP contribution in [0.15, 0.2) is 17.2 Å². The summed E-state index contributed by atoms with van der Waals surface area (Å²) in [7, 11) is 0. The highest BCUT2D eigenvalue weighted by Gasteiger charge is 2.36. The van der Waals surface area contributed by atoms with Crippen molar-refractivity contribution in [2.24, 2.45) is 10.8 Å². The van der Waals surface area contributed by atoms with E-state index in [2.05, 4.69) is 22.7 Å². The van der Waals surface area contributed by atoms with Gasteiger partial charge in [-0.3, -0.25) is 5.43 Å². The molecular weight excluding hydrogens is 270 g/mol. The van der Waals surface area contributed by atoms with Gasteiger partial charge in [0.2, 0.25) is 0 Å². The lowest BCUT2D eigenvalue weighted by molar-refractivity contribution is -0.140. The van der Waals surface area contributed by atoms with Gasteiger partial charge < -0.3 is 5.73 Å². The number of alkyl halides is 3. The number of rotatable bonds is 2. The highest BCUT2D eigenvalue weighted by atomic mass is 32.1. The van der Waals surface area contributed by atoms with Gasteiger partial charge in [-0.2, -0.15) is 18.3 Å². The fourth-order valence-electron chi connectivity index (χ4n) is 1.30. The van der Waals surface area contributed by atoms with Crippen LogP contribution in [0.1, 0.15) is 16.7 Å². The van der Waals surface area contributed by atoms with Crippen molar-refractivity contribution in [1.82, 2.24) is 5.43 Å². The topological polar surface area (TPSA) is 50.4 Å². The number of thiocarbonyl (C=S) groups is 1. The molecule has 3 N–H and O–H groups in total. The predicted octanol–water partition coefficient (Wildman–Crippen LogP) is 2.32. The van der Waals surface area contributed by atoms with E-state index >= 15 is 0 Å². The Morgan fingerprint density at radius 2 is 2.06 bits per heavy atom. The summed E-state index contributed by atoms with van der Waals surface area (Å²) < 4.78 is 51.4. The number of hydrazone groups is 1. The first-order chi connectivity index (χ1) is 8.23. The van der Waals surface area contributed by atoms with E-state index in [-0.39, 0.29) is 16.2 Å². The summed E-state index contributed by atoms with van der Waals surface area (Å²) >= 11 is 4.43. The van der Waals surface area contributed by atoms with Gasteiger partial charge in [0.1, 0.15) is 5.82 Å². The Hall–Kier alpha value is -1.70. The molecule has 0 bridgehead atoms. The smallest absolute Gasteiger partial charge is 0.375 e. The van der Waals surface area contributed by atoms with Crippen molar-refractivity contribution in [3.05, 3.63) is 34.6 Å². The summed E-state index contributed by atoms with van der Waals surface area (Å²) in [5.41, 5.74) is 5.37. The van der Waals surface area contributed by atoms with Crippen LogP contribution in [0.4, 0.5) is 17.6 Å². The Balaban J connectivity index is 3.17. The van der Waals surface area contributed by atoms with Crippen LogP contribution in [0.2, 0.25) is 0 Å². The summed E-state index contributed by atoms with van der Waals surface area (Å²) in [5.74, 6) is -1.38. The standard InChI is InChI=1S/C10H9F4N3S/c1-5-2-3-6(4-16-17-9(15)18)8(11)7(5)10(12,13)14/h2-4H,1H3,(H3,15,17,18). The second-order valence-corrected chi connectivity index (χ2v) is 3.83. The summed E-state index contributed by atoms with van der Waals surface area (Å²) in [6, 6.07) is 2.35.